The summed E-state index contributed by atoms with van der Waals surface area (Å²) in [7, 11) is -3.55. The third kappa shape index (κ3) is 2.92. The highest BCUT2D eigenvalue weighted by Crippen LogP contribution is 2.39. The number of carbonyl (C=O) groups is 2. The summed E-state index contributed by atoms with van der Waals surface area (Å²) in [5.41, 5.74) is -0.693. The topological polar surface area (TPSA) is 101 Å². The largest absolute Gasteiger partial charge is 0.481 e. The van der Waals surface area contributed by atoms with E-state index in [1.54, 1.807) is 37.3 Å². The lowest BCUT2D eigenvalue weighted by Gasteiger charge is -2.39. The fourth-order valence-corrected chi connectivity index (χ4v) is 4.63. The van der Waals surface area contributed by atoms with E-state index in [4.69, 9.17) is 0 Å². The van der Waals surface area contributed by atoms with Crippen LogP contribution in [0.15, 0.2) is 30.3 Å². The quantitative estimate of drug-likeness (QED) is 0.774. The second kappa shape index (κ2) is 6.55. The van der Waals surface area contributed by atoms with E-state index in [0.717, 1.165) is 6.26 Å². The van der Waals surface area contributed by atoms with Gasteiger partial charge in [0.05, 0.1) is 0 Å². The van der Waals surface area contributed by atoms with Crippen molar-refractivity contribution in [3.8, 4) is 0 Å². The summed E-state index contributed by atoms with van der Waals surface area (Å²) in [6, 6.07) is 8.69. The molecule has 132 valence electrons. The molecular formula is C17H23NO5S. The van der Waals surface area contributed by atoms with Crippen molar-refractivity contribution < 1.29 is 23.1 Å². The second-order valence-electron chi connectivity index (χ2n) is 6.41. The van der Waals surface area contributed by atoms with Crippen molar-refractivity contribution in [2.75, 3.05) is 12.8 Å². The van der Waals surface area contributed by atoms with Crippen molar-refractivity contribution in [2.24, 2.45) is 0 Å². The Balaban J connectivity index is 2.26. The molecule has 0 aliphatic heterocycles. The van der Waals surface area contributed by atoms with Crippen molar-refractivity contribution in [3.63, 3.8) is 0 Å². The predicted molar refractivity (Wildman–Crippen MR) is 90.5 cm³/mol. The lowest BCUT2D eigenvalue weighted by atomic mass is 9.77. The molecule has 0 heterocycles. The number of carbonyl (C=O) groups excluding carboxylic acids is 1. The fourth-order valence-electron chi connectivity index (χ4n) is 3.20. The van der Waals surface area contributed by atoms with E-state index in [0.29, 0.717) is 12.0 Å². The van der Waals surface area contributed by atoms with Crippen LogP contribution in [0.25, 0.3) is 0 Å². The van der Waals surface area contributed by atoms with Crippen LogP contribution in [0.4, 0.5) is 0 Å². The Morgan fingerprint density at radius 3 is 2.21 bits per heavy atom. The maximum absolute atomic E-state index is 12.5. The first-order valence-electron chi connectivity index (χ1n) is 7.96. The molecule has 1 aromatic carbocycles. The molecule has 1 fully saturated rings. The van der Waals surface area contributed by atoms with Gasteiger partial charge < -0.3 is 10.4 Å². The number of aliphatic carboxylic acids is 1. The SMILES string of the molecule is CCC(CNC(=O)C1(S(C)(=O)=O)CCC1)(C(=O)O)c1ccccc1. The van der Waals surface area contributed by atoms with Gasteiger partial charge in [-0.2, -0.15) is 0 Å². The average molecular weight is 353 g/mol. The number of carboxylic acid groups (broad SMARTS) is 1. The Kier molecular flexibility index (Phi) is 5.03. The van der Waals surface area contributed by atoms with Gasteiger partial charge in [0.1, 0.15) is 10.2 Å². The number of nitrogens with one attached hydrogen (secondary N) is 1. The highest BCUT2D eigenvalue weighted by molar-refractivity contribution is 7.93. The van der Waals surface area contributed by atoms with Gasteiger partial charge >= 0.3 is 5.97 Å². The molecule has 0 bridgehead atoms. The van der Waals surface area contributed by atoms with E-state index in [2.05, 4.69) is 5.32 Å². The molecule has 1 saturated carbocycles. The highest BCUT2D eigenvalue weighted by atomic mass is 32.2. The summed E-state index contributed by atoms with van der Waals surface area (Å²) < 4.78 is 22.6. The Morgan fingerprint density at radius 2 is 1.83 bits per heavy atom. The minimum absolute atomic E-state index is 0.140. The molecule has 1 aliphatic carbocycles. The molecule has 2 N–H and O–H groups in total. The summed E-state index contributed by atoms with van der Waals surface area (Å²) in [4.78, 5) is 24.5. The highest BCUT2D eigenvalue weighted by Gasteiger charge is 2.53. The lowest BCUT2D eigenvalue weighted by Crippen LogP contribution is -2.59. The molecule has 1 unspecified atom stereocenters. The minimum atomic E-state index is -3.55. The Hall–Kier alpha value is -1.89. The minimum Gasteiger partial charge on any atom is -0.481 e. The first-order chi connectivity index (χ1) is 11.2. The summed E-state index contributed by atoms with van der Waals surface area (Å²) >= 11 is 0. The number of benzene rings is 1. The van der Waals surface area contributed by atoms with Crippen LogP contribution in [0.5, 0.6) is 0 Å². The molecule has 7 heteroatoms. The van der Waals surface area contributed by atoms with Crippen LogP contribution < -0.4 is 5.32 Å². The predicted octanol–water partition coefficient (Wildman–Crippen LogP) is 1.50. The summed E-state index contributed by atoms with van der Waals surface area (Å²) in [5.74, 6) is -1.63. The third-order valence-electron chi connectivity index (χ3n) is 5.17. The van der Waals surface area contributed by atoms with Crippen molar-refractivity contribution in [1.82, 2.24) is 5.32 Å². The number of hydrogen-bond donors (Lipinski definition) is 2. The van der Waals surface area contributed by atoms with E-state index < -0.39 is 31.9 Å². The van der Waals surface area contributed by atoms with Crippen LogP contribution >= 0.6 is 0 Å². The van der Waals surface area contributed by atoms with Gasteiger partial charge in [-0.25, -0.2) is 8.42 Å². The van der Waals surface area contributed by atoms with Crippen LogP contribution in [0.1, 0.15) is 38.2 Å². The van der Waals surface area contributed by atoms with Crippen LogP contribution in [0, 0.1) is 0 Å². The van der Waals surface area contributed by atoms with Crippen LogP contribution in [0.2, 0.25) is 0 Å². The zero-order chi connectivity index (χ0) is 18.0. The Labute approximate surface area is 142 Å². The van der Waals surface area contributed by atoms with Crippen molar-refractivity contribution in [3.05, 3.63) is 35.9 Å². The standard InChI is InChI=1S/C17H23NO5S/c1-3-16(15(20)21,13-8-5-4-6-9-13)12-18-14(19)17(10-7-11-17)24(2,22)23/h4-6,8-9H,3,7,10-12H2,1-2H3,(H,18,19)(H,20,21). The maximum Gasteiger partial charge on any atom is 0.315 e. The molecule has 0 spiro atoms. The van der Waals surface area contributed by atoms with Gasteiger partial charge in [-0.3, -0.25) is 9.59 Å². The molecule has 1 amide bonds. The maximum atomic E-state index is 12.5. The van der Waals surface area contributed by atoms with E-state index >= 15 is 0 Å². The fraction of sp³-hybridized carbons (Fsp3) is 0.529. The van der Waals surface area contributed by atoms with Crippen LogP contribution in [-0.4, -0.2) is 42.9 Å². The van der Waals surface area contributed by atoms with E-state index in [9.17, 15) is 23.1 Å². The van der Waals surface area contributed by atoms with Crippen LogP contribution in [-0.2, 0) is 24.8 Å². The Bertz CT molecular complexity index is 725. The molecule has 1 aromatic rings. The van der Waals surface area contributed by atoms with Crippen molar-refractivity contribution in [2.45, 2.75) is 42.8 Å². The zero-order valence-electron chi connectivity index (χ0n) is 13.9. The smallest absolute Gasteiger partial charge is 0.315 e. The normalized spacial score (nSPS) is 18.9. The van der Waals surface area contributed by atoms with E-state index in [1.807, 2.05) is 0 Å². The Morgan fingerprint density at radius 1 is 1.25 bits per heavy atom. The first-order valence-corrected chi connectivity index (χ1v) is 9.85. The van der Waals surface area contributed by atoms with E-state index in [1.165, 1.54) is 0 Å². The van der Waals surface area contributed by atoms with Crippen molar-refractivity contribution in [1.29, 1.82) is 0 Å². The third-order valence-corrected chi connectivity index (χ3v) is 7.19. The molecule has 1 atom stereocenters. The monoisotopic (exact) mass is 353 g/mol. The number of hydrogen-bond acceptors (Lipinski definition) is 4. The van der Waals surface area contributed by atoms with Gasteiger partial charge in [-0.1, -0.05) is 37.3 Å². The number of rotatable bonds is 7. The van der Waals surface area contributed by atoms with Gasteiger partial charge in [0.25, 0.3) is 0 Å². The number of carboxylic acids is 1. The molecular weight excluding hydrogens is 330 g/mol. The van der Waals surface area contributed by atoms with Gasteiger partial charge in [0.15, 0.2) is 9.84 Å². The van der Waals surface area contributed by atoms with Gasteiger partial charge in [-0.15, -0.1) is 0 Å². The second-order valence-corrected chi connectivity index (χ2v) is 8.74. The average Bonchev–Trinajstić information content (AvgIpc) is 2.46. The van der Waals surface area contributed by atoms with Gasteiger partial charge in [-0.05, 0) is 31.2 Å². The molecule has 24 heavy (non-hydrogen) atoms. The summed E-state index contributed by atoms with van der Waals surface area (Å²) in [6.07, 6.45) is 2.59. The van der Waals surface area contributed by atoms with Gasteiger partial charge in [0.2, 0.25) is 5.91 Å². The van der Waals surface area contributed by atoms with Gasteiger partial charge in [0, 0.05) is 12.8 Å². The molecule has 2 rings (SSSR count). The molecule has 0 radical (unpaired) electrons. The van der Waals surface area contributed by atoms with Crippen LogP contribution in [0.3, 0.4) is 0 Å². The first kappa shape index (κ1) is 18.4. The zero-order valence-corrected chi connectivity index (χ0v) is 14.7. The summed E-state index contributed by atoms with van der Waals surface area (Å²) in [5, 5.41) is 12.4. The van der Waals surface area contributed by atoms with Crippen molar-refractivity contribution >= 4 is 21.7 Å². The molecule has 6 nitrogen and oxygen atoms in total. The molecule has 1 aliphatic rings. The summed E-state index contributed by atoms with van der Waals surface area (Å²) in [6.45, 7) is 1.60. The number of sulfone groups is 1. The lowest BCUT2D eigenvalue weighted by molar-refractivity contribution is -0.144. The van der Waals surface area contributed by atoms with E-state index in [-0.39, 0.29) is 25.8 Å². The molecule has 0 saturated heterocycles. The molecule has 0 aromatic heterocycles. The number of amides is 1.